The predicted octanol–water partition coefficient (Wildman–Crippen LogP) is 6.79. The SMILES string of the molecule is CC[C@H](F)C(=O)OC1CCC(CCc2ccc(C3CCC(OC(=O)[C@@H](F)CC)CC3)cc2)CC1. The summed E-state index contributed by atoms with van der Waals surface area (Å²) in [7, 11) is 0. The second kappa shape index (κ2) is 13.2. The van der Waals surface area contributed by atoms with Gasteiger partial charge in [-0.15, -0.1) is 0 Å². The van der Waals surface area contributed by atoms with Crippen LogP contribution in [0.15, 0.2) is 24.3 Å². The Morgan fingerprint density at radius 3 is 1.74 bits per heavy atom. The molecule has 3 rings (SSSR count). The Hall–Kier alpha value is -1.98. The third-order valence-corrected chi connectivity index (χ3v) is 7.55. The summed E-state index contributed by atoms with van der Waals surface area (Å²) in [5, 5.41) is 0. The minimum atomic E-state index is -1.51. The lowest BCUT2D eigenvalue weighted by Gasteiger charge is -2.29. The molecule has 2 aliphatic rings. The molecule has 0 radical (unpaired) electrons. The number of halogens is 2. The van der Waals surface area contributed by atoms with E-state index < -0.39 is 24.3 Å². The lowest BCUT2D eigenvalue weighted by atomic mass is 9.81. The Kier molecular flexibility index (Phi) is 10.3. The third-order valence-electron chi connectivity index (χ3n) is 7.55. The van der Waals surface area contributed by atoms with Crippen molar-refractivity contribution in [2.75, 3.05) is 0 Å². The van der Waals surface area contributed by atoms with Crippen molar-refractivity contribution in [3.05, 3.63) is 35.4 Å². The maximum Gasteiger partial charge on any atom is 0.340 e. The molecule has 2 aliphatic carbocycles. The summed E-state index contributed by atoms with van der Waals surface area (Å²) in [5.74, 6) is -0.331. The fraction of sp³-hybridized carbons (Fsp3) is 0.714. The minimum Gasteiger partial charge on any atom is -0.460 e. The fourth-order valence-corrected chi connectivity index (χ4v) is 5.19. The van der Waals surface area contributed by atoms with Gasteiger partial charge in [0.05, 0.1) is 0 Å². The first-order chi connectivity index (χ1) is 16.4. The zero-order valence-corrected chi connectivity index (χ0v) is 20.6. The first-order valence-electron chi connectivity index (χ1n) is 13.2. The zero-order valence-electron chi connectivity index (χ0n) is 20.6. The van der Waals surface area contributed by atoms with Crippen LogP contribution < -0.4 is 0 Å². The number of rotatable bonds is 10. The average Bonchev–Trinajstić information content (AvgIpc) is 2.88. The Labute approximate surface area is 202 Å². The van der Waals surface area contributed by atoms with Crippen LogP contribution in [0.5, 0.6) is 0 Å². The van der Waals surface area contributed by atoms with E-state index in [1.54, 1.807) is 13.8 Å². The van der Waals surface area contributed by atoms with Crippen molar-refractivity contribution in [3.8, 4) is 0 Å². The second-order valence-electron chi connectivity index (χ2n) is 10.0. The van der Waals surface area contributed by atoms with Crippen molar-refractivity contribution < 1.29 is 27.8 Å². The molecular formula is C28H40F2O4. The zero-order chi connectivity index (χ0) is 24.5. The Morgan fingerprint density at radius 2 is 1.26 bits per heavy atom. The maximum atomic E-state index is 13.4. The van der Waals surface area contributed by atoms with Gasteiger partial charge in [0.25, 0.3) is 0 Å². The summed E-state index contributed by atoms with van der Waals surface area (Å²) in [6.45, 7) is 3.30. The van der Waals surface area contributed by atoms with Crippen molar-refractivity contribution in [2.24, 2.45) is 5.92 Å². The first kappa shape index (κ1) is 26.6. The molecule has 190 valence electrons. The van der Waals surface area contributed by atoms with Gasteiger partial charge >= 0.3 is 11.9 Å². The summed E-state index contributed by atoms with van der Waals surface area (Å²) in [5.41, 5.74) is 2.66. The molecule has 4 nitrogen and oxygen atoms in total. The highest BCUT2D eigenvalue weighted by molar-refractivity contribution is 5.75. The number of carbonyl (C=O) groups is 2. The molecule has 0 saturated heterocycles. The lowest BCUT2D eigenvalue weighted by molar-refractivity contribution is -0.157. The van der Waals surface area contributed by atoms with E-state index in [9.17, 15) is 18.4 Å². The molecule has 2 fully saturated rings. The number of ether oxygens (including phenoxy) is 2. The molecule has 0 spiro atoms. The molecule has 0 bridgehead atoms. The molecule has 0 aliphatic heterocycles. The number of aryl methyl sites for hydroxylation is 1. The van der Waals surface area contributed by atoms with Crippen LogP contribution in [0.3, 0.4) is 0 Å². The van der Waals surface area contributed by atoms with Crippen molar-refractivity contribution in [3.63, 3.8) is 0 Å². The Balaban J connectivity index is 1.36. The Bertz CT molecular complexity index is 765. The summed E-state index contributed by atoms with van der Waals surface area (Å²) < 4.78 is 37.5. The molecule has 1 aromatic carbocycles. The molecule has 0 heterocycles. The highest BCUT2D eigenvalue weighted by Crippen LogP contribution is 2.35. The van der Waals surface area contributed by atoms with Crippen LogP contribution >= 0.6 is 0 Å². The molecule has 2 atom stereocenters. The van der Waals surface area contributed by atoms with Gasteiger partial charge in [-0.2, -0.15) is 0 Å². The summed E-state index contributed by atoms with van der Waals surface area (Å²) in [6, 6.07) is 8.88. The largest absolute Gasteiger partial charge is 0.460 e. The van der Waals surface area contributed by atoms with E-state index in [2.05, 4.69) is 24.3 Å². The monoisotopic (exact) mass is 478 g/mol. The number of hydrogen-bond donors (Lipinski definition) is 0. The van der Waals surface area contributed by atoms with E-state index in [0.717, 1.165) is 64.2 Å². The van der Waals surface area contributed by atoms with Crippen molar-refractivity contribution in [1.82, 2.24) is 0 Å². The van der Waals surface area contributed by atoms with E-state index in [-0.39, 0.29) is 25.0 Å². The summed E-state index contributed by atoms with van der Waals surface area (Å²) >= 11 is 0. The van der Waals surface area contributed by atoms with Gasteiger partial charge in [-0.05, 0) is 100 Å². The molecular weight excluding hydrogens is 438 g/mol. The van der Waals surface area contributed by atoms with Crippen LogP contribution in [-0.4, -0.2) is 36.5 Å². The Morgan fingerprint density at radius 1 is 0.794 bits per heavy atom. The molecule has 1 aromatic rings. The topological polar surface area (TPSA) is 52.6 Å². The van der Waals surface area contributed by atoms with Crippen LogP contribution in [-0.2, 0) is 25.5 Å². The molecule has 6 heteroatoms. The van der Waals surface area contributed by atoms with E-state index in [1.165, 1.54) is 11.1 Å². The van der Waals surface area contributed by atoms with E-state index in [4.69, 9.17) is 9.47 Å². The third kappa shape index (κ3) is 7.78. The maximum absolute atomic E-state index is 13.4. The smallest absolute Gasteiger partial charge is 0.340 e. The fourth-order valence-electron chi connectivity index (χ4n) is 5.19. The van der Waals surface area contributed by atoms with Crippen molar-refractivity contribution in [1.29, 1.82) is 0 Å². The van der Waals surface area contributed by atoms with Gasteiger partial charge in [0.15, 0.2) is 12.3 Å². The van der Waals surface area contributed by atoms with Gasteiger partial charge in [-0.25, -0.2) is 18.4 Å². The van der Waals surface area contributed by atoms with E-state index >= 15 is 0 Å². The van der Waals surface area contributed by atoms with Crippen LogP contribution in [0.4, 0.5) is 8.78 Å². The first-order valence-corrected chi connectivity index (χ1v) is 13.2. The number of esters is 2. The quantitative estimate of drug-likeness (QED) is 0.348. The highest BCUT2D eigenvalue weighted by Gasteiger charge is 2.28. The second-order valence-corrected chi connectivity index (χ2v) is 10.0. The van der Waals surface area contributed by atoms with E-state index in [0.29, 0.717) is 11.8 Å². The van der Waals surface area contributed by atoms with Gasteiger partial charge < -0.3 is 9.47 Å². The van der Waals surface area contributed by atoms with Gasteiger partial charge in [0.1, 0.15) is 12.2 Å². The van der Waals surface area contributed by atoms with Gasteiger partial charge in [0, 0.05) is 0 Å². The number of carbonyl (C=O) groups excluding carboxylic acids is 2. The number of benzene rings is 1. The molecule has 0 aromatic heterocycles. The number of alkyl halides is 2. The standard InChI is InChI=1S/C28H40F2O4/c1-3-25(29)27(31)33-23-15-9-20(10-16-23)6-5-19-7-11-21(12-8-19)22-13-17-24(18-14-22)34-28(32)26(30)4-2/h7-8,11-12,20,22-26H,3-6,9-10,13-18H2,1-2H3/t20?,22?,23?,24?,25-,26-/m0/s1. The molecule has 0 unspecified atom stereocenters. The van der Waals surface area contributed by atoms with Crippen molar-refractivity contribution >= 4 is 11.9 Å². The molecule has 0 N–H and O–H groups in total. The predicted molar refractivity (Wildman–Crippen MR) is 128 cm³/mol. The number of hydrogen-bond acceptors (Lipinski definition) is 4. The summed E-state index contributed by atoms with van der Waals surface area (Å²) in [4.78, 5) is 23.3. The van der Waals surface area contributed by atoms with Crippen LogP contribution in [0, 0.1) is 5.92 Å². The van der Waals surface area contributed by atoms with Gasteiger partial charge in [-0.3, -0.25) is 0 Å². The van der Waals surface area contributed by atoms with Crippen LogP contribution in [0.25, 0.3) is 0 Å². The summed E-state index contributed by atoms with van der Waals surface area (Å²) in [6.07, 6.45) is 6.38. The van der Waals surface area contributed by atoms with E-state index in [1.807, 2.05) is 0 Å². The van der Waals surface area contributed by atoms with Gasteiger partial charge in [0.2, 0.25) is 0 Å². The minimum absolute atomic E-state index is 0.128. The molecule has 34 heavy (non-hydrogen) atoms. The van der Waals surface area contributed by atoms with Gasteiger partial charge in [-0.1, -0.05) is 38.1 Å². The van der Waals surface area contributed by atoms with Crippen LogP contribution in [0.1, 0.15) is 102 Å². The molecule has 0 amide bonds. The van der Waals surface area contributed by atoms with Crippen molar-refractivity contribution in [2.45, 2.75) is 121 Å². The lowest BCUT2D eigenvalue weighted by Crippen LogP contribution is -2.28. The highest BCUT2D eigenvalue weighted by atomic mass is 19.1. The molecule has 2 saturated carbocycles. The average molecular weight is 479 g/mol. The van der Waals surface area contributed by atoms with Crippen LogP contribution in [0.2, 0.25) is 0 Å². The normalized spacial score (nSPS) is 26.9.